The number of aromatic nitrogens is 1. The Morgan fingerprint density at radius 3 is 2.59 bits per heavy atom. The zero-order valence-electron chi connectivity index (χ0n) is 18.6. The predicted octanol–water partition coefficient (Wildman–Crippen LogP) is 6.52. The van der Waals surface area contributed by atoms with Crippen LogP contribution in [-0.4, -0.2) is 21.7 Å². The lowest BCUT2D eigenvalue weighted by Gasteiger charge is -2.19. The fourth-order valence-corrected chi connectivity index (χ4v) is 5.14. The van der Waals surface area contributed by atoms with Crippen LogP contribution in [0, 0.1) is 0 Å². The summed E-state index contributed by atoms with van der Waals surface area (Å²) in [5, 5.41) is 10.1. The number of aliphatic carboxylic acids is 1. The van der Waals surface area contributed by atoms with E-state index in [-0.39, 0.29) is 30.8 Å². The molecule has 2 aliphatic rings. The number of benzene rings is 2. The summed E-state index contributed by atoms with van der Waals surface area (Å²) < 4.78 is 54.6. The minimum atomic E-state index is -4.51. The van der Waals surface area contributed by atoms with Crippen LogP contribution in [0.1, 0.15) is 61.3 Å². The van der Waals surface area contributed by atoms with Gasteiger partial charge in [-0.15, -0.1) is 0 Å². The summed E-state index contributed by atoms with van der Waals surface area (Å²) in [6, 6.07) is 11.7. The molecular formula is C26H26F3NO4. The van der Waals surface area contributed by atoms with Crippen molar-refractivity contribution in [3.8, 4) is 11.5 Å². The number of halogens is 3. The summed E-state index contributed by atoms with van der Waals surface area (Å²) >= 11 is 0. The van der Waals surface area contributed by atoms with Crippen molar-refractivity contribution >= 4 is 16.9 Å². The zero-order valence-corrected chi connectivity index (χ0v) is 18.6. The summed E-state index contributed by atoms with van der Waals surface area (Å²) in [4.78, 5) is 11.1. The topological polar surface area (TPSA) is 60.7 Å². The van der Waals surface area contributed by atoms with Crippen molar-refractivity contribution < 1.29 is 32.5 Å². The van der Waals surface area contributed by atoms with Crippen LogP contribution in [0.25, 0.3) is 10.9 Å². The third-order valence-electron chi connectivity index (χ3n) is 6.80. The molecule has 1 aromatic heterocycles. The van der Waals surface area contributed by atoms with Crippen LogP contribution in [-0.2, 0) is 24.1 Å². The Bertz CT molecular complexity index is 1210. The van der Waals surface area contributed by atoms with Crippen molar-refractivity contribution in [3.05, 3.63) is 59.3 Å². The second-order valence-electron chi connectivity index (χ2n) is 9.17. The van der Waals surface area contributed by atoms with E-state index < -0.39 is 17.7 Å². The summed E-state index contributed by atoms with van der Waals surface area (Å²) in [5.74, 6) is -0.402. The molecule has 0 amide bonds. The van der Waals surface area contributed by atoms with Crippen LogP contribution < -0.4 is 9.47 Å². The molecule has 3 aromatic rings. The van der Waals surface area contributed by atoms with Gasteiger partial charge in [-0.2, -0.15) is 13.2 Å². The first kappa shape index (κ1) is 22.6. The smallest absolute Gasteiger partial charge is 0.419 e. The van der Waals surface area contributed by atoms with E-state index in [2.05, 4.69) is 4.57 Å². The molecule has 1 unspecified atom stereocenters. The second-order valence-corrected chi connectivity index (χ2v) is 9.17. The van der Waals surface area contributed by atoms with Crippen molar-refractivity contribution in [2.75, 3.05) is 0 Å². The second kappa shape index (κ2) is 8.89. The molecule has 2 heterocycles. The van der Waals surface area contributed by atoms with Gasteiger partial charge in [0.1, 0.15) is 18.1 Å². The molecule has 1 fully saturated rings. The molecule has 5 nitrogen and oxygen atoms in total. The number of hydrogen-bond acceptors (Lipinski definition) is 3. The first-order valence-electron chi connectivity index (χ1n) is 11.6. The van der Waals surface area contributed by atoms with E-state index in [1.54, 1.807) is 12.1 Å². The van der Waals surface area contributed by atoms with Crippen molar-refractivity contribution in [2.24, 2.45) is 0 Å². The van der Waals surface area contributed by atoms with E-state index >= 15 is 0 Å². The lowest BCUT2D eigenvalue weighted by molar-refractivity contribution is -0.139. The highest BCUT2D eigenvalue weighted by atomic mass is 19.4. The lowest BCUT2D eigenvalue weighted by atomic mass is 10.0. The number of rotatable bonds is 7. The van der Waals surface area contributed by atoms with Crippen LogP contribution in [0.15, 0.2) is 42.5 Å². The number of carbonyl (C=O) groups is 1. The fourth-order valence-electron chi connectivity index (χ4n) is 5.14. The number of carboxylic acids is 1. The van der Waals surface area contributed by atoms with Gasteiger partial charge < -0.3 is 19.1 Å². The van der Waals surface area contributed by atoms with Gasteiger partial charge in [-0.25, -0.2) is 0 Å². The highest BCUT2D eigenvalue weighted by Gasteiger charge is 2.35. The number of alkyl halides is 3. The van der Waals surface area contributed by atoms with E-state index in [0.717, 1.165) is 61.3 Å². The average Bonchev–Trinajstić information content (AvgIpc) is 3.50. The molecule has 8 heteroatoms. The molecule has 1 aliphatic heterocycles. The Labute approximate surface area is 195 Å². The van der Waals surface area contributed by atoms with Crippen molar-refractivity contribution in [2.45, 2.75) is 69.9 Å². The minimum absolute atomic E-state index is 0.00645. The molecule has 1 saturated carbocycles. The highest BCUT2D eigenvalue weighted by molar-refractivity contribution is 5.83. The van der Waals surface area contributed by atoms with Gasteiger partial charge in [0.15, 0.2) is 0 Å². The maximum absolute atomic E-state index is 13.7. The Morgan fingerprint density at radius 2 is 1.85 bits per heavy atom. The normalized spacial score (nSPS) is 18.4. The molecule has 1 aliphatic carbocycles. The highest BCUT2D eigenvalue weighted by Crippen LogP contribution is 2.39. The van der Waals surface area contributed by atoms with E-state index in [1.807, 2.05) is 18.2 Å². The predicted molar refractivity (Wildman–Crippen MR) is 120 cm³/mol. The maximum atomic E-state index is 13.7. The SMILES string of the molecule is O=C(O)CC1CCn2c1cc1cc(OCc3ccc(OC4CCCC4)c(C(F)(F)F)c3)ccc12. The van der Waals surface area contributed by atoms with Gasteiger partial charge in [0.2, 0.25) is 0 Å². The van der Waals surface area contributed by atoms with Crippen molar-refractivity contribution in [3.63, 3.8) is 0 Å². The van der Waals surface area contributed by atoms with Gasteiger partial charge in [0.25, 0.3) is 0 Å². The van der Waals surface area contributed by atoms with Crippen molar-refractivity contribution in [1.82, 2.24) is 4.57 Å². The Kier molecular flexibility index (Phi) is 5.91. The van der Waals surface area contributed by atoms with Crippen molar-refractivity contribution in [1.29, 1.82) is 0 Å². The molecule has 0 saturated heterocycles. The summed E-state index contributed by atoms with van der Waals surface area (Å²) in [6.45, 7) is 0.764. The first-order valence-corrected chi connectivity index (χ1v) is 11.6. The standard InChI is InChI=1S/C26H26F3NO4/c27-26(28,29)21-11-16(5-8-24(21)34-19-3-1-2-4-19)15-33-20-6-7-22-18(12-20)13-23-17(14-25(31)32)9-10-30(22)23/h5-8,11-13,17,19H,1-4,9-10,14-15H2,(H,31,32). The number of nitrogens with zero attached hydrogens (tertiary/aromatic N) is 1. The van der Waals surface area contributed by atoms with Crippen LogP contribution in [0.2, 0.25) is 0 Å². The van der Waals surface area contributed by atoms with Gasteiger partial charge in [-0.05, 0) is 74.1 Å². The fraction of sp³-hybridized carbons (Fsp3) is 0.423. The Balaban J connectivity index is 1.32. The molecular weight excluding hydrogens is 447 g/mol. The largest absolute Gasteiger partial charge is 0.490 e. The molecule has 0 spiro atoms. The van der Waals surface area contributed by atoms with Gasteiger partial charge in [-0.1, -0.05) is 6.07 Å². The zero-order chi connectivity index (χ0) is 23.9. The van der Waals surface area contributed by atoms with E-state index in [4.69, 9.17) is 14.6 Å². The third kappa shape index (κ3) is 4.58. The number of ether oxygens (including phenoxy) is 2. The van der Waals surface area contributed by atoms with Crippen LogP contribution in [0.4, 0.5) is 13.2 Å². The maximum Gasteiger partial charge on any atom is 0.419 e. The van der Waals surface area contributed by atoms with Crippen LogP contribution in [0.5, 0.6) is 11.5 Å². The van der Waals surface area contributed by atoms with Gasteiger partial charge in [0.05, 0.1) is 18.1 Å². The van der Waals surface area contributed by atoms with Gasteiger partial charge in [0, 0.05) is 29.1 Å². The van der Waals surface area contributed by atoms with E-state index in [9.17, 15) is 18.0 Å². The molecule has 2 aromatic carbocycles. The number of carboxylic acid groups (broad SMARTS) is 1. The Morgan fingerprint density at radius 1 is 1.06 bits per heavy atom. The van der Waals surface area contributed by atoms with Crippen LogP contribution in [0.3, 0.4) is 0 Å². The summed E-state index contributed by atoms with van der Waals surface area (Å²) in [6.07, 6.45) is -0.243. The summed E-state index contributed by atoms with van der Waals surface area (Å²) in [5.41, 5.74) is 1.64. The monoisotopic (exact) mass is 473 g/mol. The van der Waals surface area contributed by atoms with E-state index in [1.165, 1.54) is 6.07 Å². The van der Waals surface area contributed by atoms with Gasteiger partial charge >= 0.3 is 12.1 Å². The molecule has 5 rings (SSSR count). The summed E-state index contributed by atoms with van der Waals surface area (Å²) in [7, 11) is 0. The quantitative estimate of drug-likeness (QED) is 0.424. The molecule has 180 valence electrons. The van der Waals surface area contributed by atoms with Gasteiger partial charge in [-0.3, -0.25) is 4.79 Å². The number of hydrogen-bond donors (Lipinski definition) is 1. The van der Waals surface area contributed by atoms with Crippen LogP contribution >= 0.6 is 0 Å². The first-order chi connectivity index (χ1) is 16.3. The molecule has 1 atom stereocenters. The molecule has 0 radical (unpaired) electrons. The van der Waals surface area contributed by atoms with E-state index in [0.29, 0.717) is 11.3 Å². The number of fused-ring (bicyclic) bond motifs is 3. The Hall–Kier alpha value is -3.16. The minimum Gasteiger partial charge on any atom is -0.490 e. The lowest BCUT2D eigenvalue weighted by Crippen LogP contribution is -2.16. The molecule has 34 heavy (non-hydrogen) atoms. The average molecular weight is 473 g/mol. The molecule has 0 bridgehead atoms. The molecule has 1 N–H and O–H groups in total. The number of aryl methyl sites for hydroxylation is 1. The third-order valence-corrected chi connectivity index (χ3v) is 6.80.